The van der Waals surface area contributed by atoms with E-state index in [1.165, 1.54) is 51.0 Å². The Morgan fingerprint density at radius 3 is 1.90 bits per heavy atom. The van der Waals surface area contributed by atoms with Crippen LogP contribution in [0.25, 0.3) is 0 Å². The number of carbonyl (C=O) groups excluding carboxylic acids is 2. The van der Waals surface area contributed by atoms with E-state index in [1.54, 1.807) is 18.2 Å². The third-order valence-corrected chi connectivity index (χ3v) is 5.12. The van der Waals surface area contributed by atoms with Gasteiger partial charge in [-0.25, -0.2) is 9.59 Å². The number of hydrogen-bond acceptors (Lipinski definition) is 4. The molecule has 4 heteroatoms. The zero-order chi connectivity index (χ0) is 22.6. The maximum atomic E-state index is 12.2. The highest BCUT2D eigenvalue weighted by Crippen LogP contribution is 2.10. The summed E-state index contributed by atoms with van der Waals surface area (Å²) < 4.78 is 10.5. The Morgan fingerprint density at radius 1 is 0.710 bits per heavy atom. The Kier molecular flexibility index (Phi) is 16.0. The van der Waals surface area contributed by atoms with Crippen LogP contribution in [-0.2, 0) is 9.47 Å². The van der Waals surface area contributed by atoms with Gasteiger partial charge in [0.05, 0.1) is 17.7 Å². The zero-order valence-corrected chi connectivity index (χ0v) is 19.5. The maximum absolute atomic E-state index is 12.2. The molecule has 0 amide bonds. The van der Waals surface area contributed by atoms with Crippen molar-refractivity contribution in [3.63, 3.8) is 0 Å². The van der Waals surface area contributed by atoms with Crippen molar-refractivity contribution in [3.05, 3.63) is 35.4 Å². The van der Waals surface area contributed by atoms with Gasteiger partial charge in [0.2, 0.25) is 0 Å². The third kappa shape index (κ3) is 13.6. The molecule has 0 fully saturated rings. The molecule has 1 aromatic rings. The first kappa shape index (κ1) is 26.8. The average Bonchev–Trinajstić information content (AvgIpc) is 2.79. The van der Waals surface area contributed by atoms with E-state index in [9.17, 15) is 9.59 Å². The second kappa shape index (κ2) is 18.5. The molecule has 0 atom stereocenters. The molecule has 0 aromatic heterocycles. The third-order valence-electron chi connectivity index (χ3n) is 5.12. The first-order chi connectivity index (χ1) is 15.2. The molecule has 0 aliphatic rings. The van der Waals surface area contributed by atoms with Crippen LogP contribution >= 0.6 is 0 Å². The van der Waals surface area contributed by atoms with Crippen molar-refractivity contribution in [2.75, 3.05) is 13.2 Å². The van der Waals surface area contributed by atoms with E-state index in [-0.39, 0.29) is 6.61 Å². The highest BCUT2D eigenvalue weighted by molar-refractivity contribution is 5.95. The molecule has 0 radical (unpaired) electrons. The van der Waals surface area contributed by atoms with Gasteiger partial charge in [-0.3, -0.25) is 0 Å². The van der Waals surface area contributed by atoms with E-state index in [1.807, 2.05) is 0 Å². The topological polar surface area (TPSA) is 52.6 Å². The molecule has 1 aromatic carbocycles. The lowest BCUT2D eigenvalue weighted by molar-refractivity contribution is 0.0497. The second-order valence-electron chi connectivity index (χ2n) is 7.93. The lowest BCUT2D eigenvalue weighted by Crippen LogP contribution is -2.10. The smallest absolute Gasteiger partial charge is 0.339 e. The summed E-state index contributed by atoms with van der Waals surface area (Å²) in [4.78, 5) is 24.3. The van der Waals surface area contributed by atoms with Gasteiger partial charge < -0.3 is 9.47 Å². The number of unbranched alkanes of at least 4 members (excludes halogenated alkanes) is 11. The minimum Gasteiger partial charge on any atom is -0.462 e. The Labute approximate surface area is 189 Å². The van der Waals surface area contributed by atoms with E-state index in [0.717, 1.165) is 38.5 Å². The van der Waals surface area contributed by atoms with E-state index in [2.05, 4.69) is 25.7 Å². The second-order valence-corrected chi connectivity index (χ2v) is 7.93. The lowest BCUT2D eigenvalue weighted by Gasteiger charge is -2.06. The van der Waals surface area contributed by atoms with Crippen LogP contribution in [0.5, 0.6) is 0 Å². The predicted octanol–water partition coefficient (Wildman–Crippen LogP) is 7.11. The fourth-order valence-corrected chi connectivity index (χ4v) is 3.22. The minimum absolute atomic E-state index is 0.0714. The Bertz CT molecular complexity index is 684. The number of ether oxygens (including phenoxy) is 2. The molecule has 1 rings (SSSR count). The molecule has 0 saturated carbocycles. The van der Waals surface area contributed by atoms with E-state index in [4.69, 9.17) is 9.47 Å². The molecule has 0 aliphatic carbocycles. The molecule has 0 unspecified atom stereocenters. The van der Waals surface area contributed by atoms with Crippen molar-refractivity contribution in [3.8, 4) is 11.8 Å². The molecular formula is C27H40O4. The molecule has 0 aliphatic heterocycles. The molecule has 4 nitrogen and oxygen atoms in total. The van der Waals surface area contributed by atoms with Gasteiger partial charge in [-0.15, -0.1) is 0 Å². The maximum Gasteiger partial charge on any atom is 0.339 e. The van der Waals surface area contributed by atoms with Crippen molar-refractivity contribution in [2.24, 2.45) is 0 Å². The summed E-state index contributed by atoms with van der Waals surface area (Å²) in [6, 6.07) is 6.46. The fraction of sp³-hybridized carbons (Fsp3) is 0.630. The van der Waals surface area contributed by atoms with Crippen LogP contribution in [0.2, 0.25) is 0 Å². The van der Waals surface area contributed by atoms with Crippen LogP contribution in [0, 0.1) is 11.8 Å². The summed E-state index contributed by atoms with van der Waals surface area (Å²) in [5.41, 5.74) is 0.705. The highest BCUT2D eigenvalue weighted by Gasteiger charge is 2.12. The van der Waals surface area contributed by atoms with Crippen molar-refractivity contribution < 1.29 is 19.1 Å². The minimum atomic E-state index is -0.473. The molecule has 0 saturated heterocycles. The molecular weight excluding hydrogens is 388 g/mol. The van der Waals surface area contributed by atoms with Gasteiger partial charge in [0.25, 0.3) is 0 Å². The van der Waals surface area contributed by atoms with Gasteiger partial charge in [-0.1, -0.05) is 96.0 Å². The standard InChI is InChI=1S/C27H40O4/c1-3-5-7-9-10-11-12-13-14-15-17-22-31-27(29)25-20-18-19-24(23-25)26(28)30-21-16-8-6-4-2/h18-20,23H,3-14,16,21-22H2,1-2H3. The number of esters is 2. The van der Waals surface area contributed by atoms with Gasteiger partial charge in [0.1, 0.15) is 0 Å². The van der Waals surface area contributed by atoms with Gasteiger partial charge in [0.15, 0.2) is 6.61 Å². The lowest BCUT2D eigenvalue weighted by atomic mass is 10.1. The van der Waals surface area contributed by atoms with Crippen LogP contribution in [0.3, 0.4) is 0 Å². The van der Waals surface area contributed by atoms with Crippen molar-refractivity contribution >= 4 is 11.9 Å². The van der Waals surface area contributed by atoms with Gasteiger partial charge >= 0.3 is 11.9 Å². The summed E-state index contributed by atoms with van der Waals surface area (Å²) in [5.74, 6) is 5.09. The van der Waals surface area contributed by atoms with Crippen molar-refractivity contribution in [1.29, 1.82) is 0 Å². The summed E-state index contributed by atoms with van der Waals surface area (Å²) in [6.07, 6.45) is 15.3. The Morgan fingerprint density at radius 2 is 1.26 bits per heavy atom. The van der Waals surface area contributed by atoms with Crippen LogP contribution < -0.4 is 0 Å². The van der Waals surface area contributed by atoms with E-state index >= 15 is 0 Å². The number of rotatable bonds is 16. The van der Waals surface area contributed by atoms with Crippen LogP contribution in [0.1, 0.15) is 118 Å². The monoisotopic (exact) mass is 428 g/mol. The van der Waals surface area contributed by atoms with Crippen LogP contribution in [-0.4, -0.2) is 25.2 Å². The number of benzene rings is 1. The fourth-order valence-electron chi connectivity index (χ4n) is 3.22. The quantitative estimate of drug-likeness (QED) is 0.160. The largest absolute Gasteiger partial charge is 0.462 e. The van der Waals surface area contributed by atoms with Crippen molar-refractivity contribution in [1.82, 2.24) is 0 Å². The molecule has 31 heavy (non-hydrogen) atoms. The van der Waals surface area contributed by atoms with E-state index in [0.29, 0.717) is 17.7 Å². The van der Waals surface area contributed by atoms with Gasteiger partial charge in [-0.05, 0) is 31.0 Å². The first-order valence-electron chi connectivity index (χ1n) is 12.1. The molecule has 0 bridgehead atoms. The Hall–Kier alpha value is -2.28. The first-order valence-corrected chi connectivity index (χ1v) is 12.1. The van der Waals surface area contributed by atoms with Gasteiger partial charge in [0, 0.05) is 6.42 Å². The van der Waals surface area contributed by atoms with Gasteiger partial charge in [-0.2, -0.15) is 0 Å². The zero-order valence-electron chi connectivity index (χ0n) is 19.5. The summed E-state index contributed by atoms with van der Waals surface area (Å²) in [7, 11) is 0. The molecule has 0 heterocycles. The molecule has 172 valence electrons. The SMILES string of the molecule is CCCCCCCCCCC#CCOC(=O)c1cccc(C(=O)OCCCCCC)c1. The van der Waals surface area contributed by atoms with Crippen LogP contribution in [0.15, 0.2) is 24.3 Å². The van der Waals surface area contributed by atoms with Crippen LogP contribution in [0.4, 0.5) is 0 Å². The molecule has 0 spiro atoms. The average molecular weight is 429 g/mol. The van der Waals surface area contributed by atoms with E-state index < -0.39 is 11.9 Å². The summed E-state index contributed by atoms with van der Waals surface area (Å²) >= 11 is 0. The number of hydrogen-bond donors (Lipinski definition) is 0. The normalized spacial score (nSPS) is 10.3. The summed E-state index contributed by atoms with van der Waals surface area (Å²) in [6.45, 7) is 4.85. The Balaban J connectivity index is 2.23. The molecule has 0 N–H and O–H groups in total. The highest BCUT2D eigenvalue weighted by atomic mass is 16.5. The van der Waals surface area contributed by atoms with Crippen molar-refractivity contribution in [2.45, 2.75) is 97.3 Å². The predicted molar refractivity (Wildman–Crippen MR) is 126 cm³/mol. The summed E-state index contributed by atoms with van der Waals surface area (Å²) in [5, 5.41) is 0. The number of carbonyl (C=O) groups is 2.